The number of aliphatic hydroxyl groups is 2. The zero-order valence-electron chi connectivity index (χ0n) is 7.62. The largest absolute Gasteiger partial charge is 0.394 e. The molecule has 0 unspecified atom stereocenters. The average Bonchev–Trinajstić information content (AvgIpc) is 1.99. The van der Waals surface area contributed by atoms with E-state index in [1.54, 1.807) is 0 Å². The normalized spacial score (nSPS) is 14.5. The zero-order chi connectivity index (χ0) is 8.85. The summed E-state index contributed by atoms with van der Waals surface area (Å²) in [6.07, 6.45) is -0.600. The second kappa shape index (κ2) is 5.52. The van der Waals surface area contributed by atoms with Crippen molar-refractivity contribution in [3.63, 3.8) is 0 Å². The molecule has 0 fully saturated rings. The minimum atomic E-state index is -0.600. The van der Waals surface area contributed by atoms with Crippen molar-refractivity contribution in [2.45, 2.75) is 32.9 Å². The molecule has 0 saturated carbocycles. The fourth-order valence-corrected chi connectivity index (χ4v) is 1.03. The maximum absolute atomic E-state index is 9.12. The van der Waals surface area contributed by atoms with Gasteiger partial charge >= 0.3 is 0 Å². The van der Waals surface area contributed by atoms with Crippen molar-refractivity contribution < 1.29 is 10.2 Å². The fourth-order valence-electron chi connectivity index (χ4n) is 1.03. The molecule has 0 aromatic rings. The van der Waals surface area contributed by atoms with Gasteiger partial charge in [0.2, 0.25) is 0 Å². The van der Waals surface area contributed by atoms with Gasteiger partial charge in [-0.2, -0.15) is 0 Å². The molecule has 0 amide bonds. The molecule has 0 aliphatic rings. The van der Waals surface area contributed by atoms with Gasteiger partial charge in [-0.25, -0.2) is 0 Å². The molecule has 0 aliphatic heterocycles. The van der Waals surface area contributed by atoms with Crippen molar-refractivity contribution in [1.29, 1.82) is 0 Å². The van der Waals surface area contributed by atoms with Crippen molar-refractivity contribution in [2.24, 2.45) is 0 Å². The molecule has 68 valence electrons. The van der Waals surface area contributed by atoms with E-state index < -0.39 is 6.10 Å². The van der Waals surface area contributed by atoms with Gasteiger partial charge < -0.3 is 10.2 Å². The minimum Gasteiger partial charge on any atom is -0.394 e. The Bertz CT molecular complexity index is 96.1. The van der Waals surface area contributed by atoms with Crippen LogP contribution in [0.3, 0.4) is 0 Å². The number of nitrogens with zero attached hydrogens (tertiary/aromatic N) is 1. The van der Waals surface area contributed by atoms with Crippen LogP contribution in [0.2, 0.25) is 0 Å². The lowest BCUT2D eigenvalue weighted by Gasteiger charge is -2.26. The molecule has 0 bridgehead atoms. The van der Waals surface area contributed by atoms with Gasteiger partial charge in [0.25, 0.3) is 0 Å². The first-order valence-corrected chi connectivity index (χ1v) is 4.14. The van der Waals surface area contributed by atoms with Crippen LogP contribution < -0.4 is 0 Å². The quantitative estimate of drug-likeness (QED) is 0.599. The topological polar surface area (TPSA) is 43.7 Å². The lowest BCUT2D eigenvalue weighted by atomic mass is 10.2. The Kier molecular flexibility index (Phi) is 5.46. The summed E-state index contributed by atoms with van der Waals surface area (Å²) in [5.41, 5.74) is 0. The molecule has 0 radical (unpaired) electrons. The number of rotatable bonds is 5. The van der Waals surface area contributed by atoms with Gasteiger partial charge in [0, 0.05) is 12.6 Å². The standard InChI is InChI=1S/C8H19NO2/c1-4-9(7(2)3)5-8(11)6-10/h7-8,10-11H,4-6H2,1-3H3/t8-/m0/s1. The number of likely N-dealkylation sites (N-methyl/N-ethyl adjacent to an activating group) is 1. The van der Waals surface area contributed by atoms with E-state index in [0.29, 0.717) is 12.6 Å². The first-order chi connectivity index (χ1) is 5.11. The summed E-state index contributed by atoms with van der Waals surface area (Å²) < 4.78 is 0. The summed E-state index contributed by atoms with van der Waals surface area (Å²) in [5.74, 6) is 0. The highest BCUT2D eigenvalue weighted by molar-refractivity contribution is 4.65. The zero-order valence-corrected chi connectivity index (χ0v) is 7.62. The van der Waals surface area contributed by atoms with E-state index in [-0.39, 0.29) is 6.61 Å². The smallest absolute Gasteiger partial charge is 0.0897 e. The summed E-state index contributed by atoms with van der Waals surface area (Å²) in [6.45, 7) is 7.52. The highest BCUT2D eigenvalue weighted by Crippen LogP contribution is 1.98. The third-order valence-corrected chi connectivity index (χ3v) is 1.79. The van der Waals surface area contributed by atoms with Crippen LogP contribution >= 0.6 is 0 Å². The lowest BCUT2D eigenvalue weighted by molar-refractivity contribution is 0.0514. The highest BCUT2D eigenvalue weighted by atomic mass is 16.3. The van der Waals surface area contributed by atoms with E-state index in [4.69, 9.17) is 10.2 Å². The van der Waals surface area contributed by atoms with Gasteiger partial charge in [-0.05, 0) is 20.4 Å². The Morgan fingerprint density at radius 3 is 2.18 bits per heavy atom. The second-order valence-electron chi connectivity index (χ2n) is 3.02. The predicted octanol–water partition coefficient (Wildman–Crippen LogP) is 0.0699. The van der Waals surface area contributed by atoms with Crippen LogP contribution in [0.5, 0.6) is 0 Å². The van der Waals surface area contributed by atoms with Crippen molar-refractivity contribution in [2.75, 3.05) is 19.7 Å². The summed E-state index contributed by atoms with van der Waals surface area (Å²) in [7, 11) is 0. The van der Waals surface area contributed by atoms with Gasteiger partial charge in [0.1, 0.15) is 0 Å². The summed E-state index contributed by atoms with van der Waals surface area (Å²) in [5, 5.41) is 17.7. The van der Waals surface area contributed by atoms with Gasteiger partial charge in [-0.1, -0.05) is 6.92 Å². The van der Waals surface area contributed by atoms with E-state index in [1.807, 2.05) is 6.92 Å². The fraction of sp³-hybridized carbons (Fsp3) is 1.00. The monoisotopic (exact) mass is 161 g/mol. The summed E-state index contributed by atoms with van der Waals surface area (Å²) in [6, 6.07) is 0.432. The van der Waals surface area contributed by atoms with Crippen LogP contribution in [-0.4, -0.2) is 47.0 Å². The Hall–Kier alpha value is -0.120. The Morgan fingerprint density at radius 2 is 1.91 bits per heavy atom. The first kappa shape index (κ1) is 10.9. The van der Waals surface area contributed by atoms with Crippen molar-refractivity contribution in [3.05, 3.63) is 0 Å². The van der Waals surface area contributed by atoms with Crippen LogP contribution in [0.4, 0.5) is 0 Å². The van der Waals surface area contributed by atoms with E-state index in [9.17, 15) is 0 Å². The van der Waals surface area contributed by atoms with Crippen molar-refractivity contribution in [3.8, 4) is 0 Å². The molecule has 0 heterocycles. The highest BCUT2D eigenvalue weighted by Gasteiger charge is 2.11. The third-order valence-electron chi connectivity index (χ3n) is 1.79. The van der Waals surface area contributed by atoms with Gasteiger partial charge in [-0.15, -0.1) is 0 Å². The van der Waals surface area contributed by atoms with E-state index in [2.05, 4.69) is 18.7 Å². The predicted molar refractivity (Wildman–Crippen MR) is 45.5 cm³/mol. The molecule has 0 aromatic heterocycles. The van der Waals surface area contributed by atoms with E-state index in [0.717, 1.165) is 6.54 Å². The first-order valence-electron chi connectivity index (χ1n) is 4.14. The van der Waals surface area contributed by atoms with Crippen molar-refractivity contribution in [1.82, 2.24) is 4.90 Å². The van der Waals surface area contributed by atoms with Crippen LogP contribution in [0.15, 0.2) is 0 Å². The Morgan fingerprint density at radius 1 is 1.36 bits per heavy atom. The molecule has 2 N–H and O–H groups in total. The number of aliphatic hydroxyl groups excluding tert-OH is 2. The SMILES string of the molecule is CCN(C[C@H](O)CO)C(C)C. The molecule has 0 spiro atoms. The third kappa shape index (κ3) is 4.35. The maximum atomic E-state index is 9.12. The molecule has 3 heteroatoms. The Balaban J connectivity index is 3.68. The number of hydrogen-bond acceptors (Lipinski definition) is 3. The maximum Gasteiger partial charge on any atom is 0.0897 e. The molecular formula is C8H19NO2. The van der Waals surface area contributed by atoms with Crippen LogP contribution in [0.25, 0.3) is 0 Å². The van der Waals surface area contributed by atoms with Gasteiger partial charge in [0.15, 0.2) is 0 Å². The van der Waals surface area contributed by atoms with E-state index >= 15 is 0 Å². The van der Waals surface area contributed by atoms with Crippen LogP contribution in [0.1, 0.15) is 20.8 Å². The number of hydrogen-bond donors (Lipinski definition) is 2. The minimum absolute atomic E-state index is 0.150. The molecular weight excluding hydrogens is 142 g/mol. The molecule has 1 atom stereocenters. The molecule has 0 rings (SSSR count). The lowest BCUT2D eigenvalue weighted by Crippen LogP contribution is -2.38. The van der Waals surface area contributed by atoms with Crippen LogP contribution in [-0.2, 0) is 0 Å². The molecule has 0 aromatic carbocycles. The molecule has 0 saturated heterocycles. The Labute approximate surface area is 68.6 Å². The summed E-state index contributed by atoms with van der Waals surface area (Å²) in [4.78, 5) is 2.11. The molecule has 11 heavy (non-hydrogen) atoms. The van der Waals surface area contributed by atoms with Gasteiger partial charge in [-0.3, -0.25) is 4.90 Å². The molecule has 3 nitrogen and oxygen atoms in total. The molecule has 0 aliphatic carbocycles. The van der Waals surface area contributed by atoms with Crippen molar-refractivity contribution >= 4 is 0 Å². The second-order valence-corrected chi connectivity index (χ2v) is 3.02. The van der Waals surface area contributed by atoms with Crippen LogP contribution in [0, 0.1) is 0 Å². The summed E-state index contributed by atoms with van der Waals surface area (Å²) >= 11 is 0. The average molecular weight is 161 g/mol. The van der Waals surface area contributed by atoms with E-state index in [1.165, 1.54) is 0 Å². The van der Waals surface area contributed by atoms with Gasteiger partial charge in [0.05, 0.1) is 12.7 Å².